The number of fused-ring (bicyclic) bond motifs is 3. The molecule has 1 unspecified atom stereocenters. The van der Waals surface area contributed by atoms with Crippen LogP contribution in [0.15, 0.2) is 17.5 Å². The summed E-state index contributed by atoms with van der Waals surface area (Å²) in [6.07, 6.45) is 4.08. The number of aromatic nitrogens is 4. The topological polar surface area (TPSA) is 140 Å². The summed E-state index contributed by atoms with van der Waals surface area (Å²) in [5.74, 6) is 0.916. The van der Waals surface area contributed by atoms with Gasteiger partial charge in [-0.1, -0.05) is 5.21 Å². The molecule has 5 atom stereocenters. The van der Waals surface area contributed by atoms with Crippen molar-refractivity contribution in [2.75, 3.05) is 13.6 Å². The van der Waals surface area contributed by atoms with Crippen LogP contribution in [0.1, 0.15) is 62.6 Å². The van der Waals surface area contributed by atoms with E-state index in [-0.39, 0.29) is 36.5 Å². The van der Waals surface area contributed by atoms with Gasteiger partial charge < -0.3 is 15.5 Å². The lowest BCUT2D eigenvalue weighted by Crippen LogP contribution is -2.46. The van der Waals surface area contributed by atoms with Crippen molar-refractivity contribution in [3.63, 3.8) is 0 Å². The second-order valence-corrected chi connectivity index (χ2v) is 12.2. The predicted molar refractivity (Wildman–Crippen MR) is 138 cm³/mol. The maximum absolute atomic E-state index is 13.1. The first-order chi connectivity index (χ1) is 18.0. The molecule has 10 nitrogen and oxygen atoms in total. The second-order valence-electron chi connectivity index (χ2n) is 10.2. The summed E-state index contributed by atoms with van der Waals surface area (Å²) in [5, 5.41) is 33.3. The van der Waals surface area contributed by atoms with E-state index in [0.717, 1.165) is 41.7 Å². The second kappa shape index (κ2) is 9.31. The average molecular weight is 537 g/mol. The predicted octanol–water partition coefficient (Wildman–Crippen LogP) is 2.00. The van der Waals surface area contributed by atoms with E-state index >= 15 is 0 Å². The summed E-state index contributed by atoms with van der Waals surface area (Å²) in [6.45, 7) is 2.23. The third-order valence-electron chi connectivity index (χ3n) is 7.96. The third-order valence-corrected chi connectivity index (χ3v) is 10.3. The van der Waals surface area contributed by atoms with Crippen molar-refractivity contribution in [1.82, 2.24) is 36.2 Å². The van der Waals surface area contributed by atoms with Crippen LogP contribution < -0.4 is 10.6 Å². The zero-order valence-electron chi connectivity index (χ0n) is 20.7. The Morgan fingerprint density at radius 3 is 3.00 bits per heavy atom. The number of amides is 2. The highest BCUT2D eigenvalue weighted by Gasteiger charge is 2.54. The van der Waals surface area contributed by atoms with Crippen molar-refractivity contribution in [2.24, 2.45) is 5.92 Å². The van der Waals surface area contributed by atoms with Gasteiger partial charge in [0.15, 0.2) is 5.82 Å². The Hall–Kier alpha value is -3.14. The number of nitrogens with zero attached hydrogens (tertiary/aromatic N) is 5. The van der Waals surface area contributed by atoms with Gasteiger partial charge in [-0.15, -0.1) is 32.9 Å². The van der Waals surface area contributed by atoms with Gasteiger partial charge in [0.05, 0.1) is 22.9 Å². The van der Waals surface area contributed by atoms with Gasteiger partial charge in [0, 0.05) is 28.9 Å². The Morgan fingerprint density at radius 2 is 2.24 bits per heavy atom. The highest BCUT2D eigenvalue weighted by molar-refractivity contribution is 7.14. The van der Waals surface area contributed by atoms with Gasteiger partial charge >= 0.3 is 0 Å². The lowest BCUT2D eigenvalue weighted by atomic mass is 9.73. The number of rotatable bonds is 7. The van der Waals surface area contributed by atoms with Crippen molar-refractivity contribution in [3.05, 3.63) is 49.1 Å². The number of carbonyl (C=O) groups is 2. The van der Waals surface area contributed by atoms with E-state index < -0.39 is 5.41 Å². The van der Waals surface area contributed by atoms with E-state index in [1.54, 1.807) is 23.3 Å². The zero-order valence-corrected chi connectivity index (χ0v) is 22.3. The Bertz CT molecular complexity index is 1380. The van der Waals surface area contributed by atoms with E-state index in [4.69, 9.17) is 0 Å². The molecule has 1 saturated heterocycles. The zero-order chi connectivity index (χ0) is 25.7. The van der Waals surface area contributed by atoms with Crippen molar-refractivity contribution in [1.29, 1.82) is 5.26 Å². The summed E-state index contributed by atoms with van der Waals surface area (Å²) in [7, 11) is 1.64. The summed E-state index contributed by atoms with van der Waals surface area (Å²) >= 11 is 3.21. The van der Waals surface area contributed by atoms with Crippen LogP contribution >= 0.6 is 22.7 Å². The molecular formula is C25H28N8O2S2. The molecule has 2 fully saturated rings. The molecule has 2 amide bonds. The molecule has 37 heavy (non-hydrogen) atoms. The molecule has 0 spiro atoms. The molecule has 1 aliphatic heterocycles. The van der Waals surface area contributed by atoms with Crippen LogP contribution in [-0.4, -0.2) is 69.1 Å². The smallest absolute Gasteiger partial charge is 0.261 e. The van der Waals surface area contributed by atoms with E-state index in [0.29, 0.717) is 23.0 Å². The van der Waals surface area contributed by atoms with Gasteiger partial charge in [-0.05, 0) is 73.6 Å². The molecular weight excluding hydrogens is 508 g/mol. The van der Waals surface area contributed by atoms with Gasteiger partial charge in [0.2, 0.25) is 5.91 Å². The highest BCUT2D eigenvalue weighted by Crippen LogP contribution is 2.51. The molecule has 3 aromatic heterocycles. The number of hydrogen-bond acceptors (Lipinski definition) is 9. The molecule has 3 aliphatic rings. The number of carbonyl (C=O) groups excluding carboxylic acids is 2. The Morgan fingerprint density at radius 1 is 1.38 bits per heavy atom. The Labute approximate surface area is 222 Å². The lowest BCUT2D eigenvalue weighted by molar-refractivity contribution is -0.131. The summed E-state index contributed by atoms with van der Waals surface area (Å²) in [4.78, 5) is 30.5. The molecule has 12 heteroatoms. The van der Waals surface area contributed by atoms with Crippen molar-refractivity contribution < 1.29 is 9.59 Å². The number of hydrogen-bond donors (Lipinski definition) is 3. The Balaban J connectivity index is 1.34. The van der Waals surface area contributed by atoms with Gasteiger partial charge in [-0.2, -0.15) is 10.5 Å². The largest absolute Gasteiger partial charge is 0.354 e. The first kappa shape index (κ1) is 24.2. The molecule has 3 N–H and O–H groups in total. The van der Waals surface area contributed by atoms with Gasteiger partial charge in [-0.3, -0.25) is 9.59 Å². The number of nitriles is 1. The minimum atomic E-state index is -0.717. The Kier molecular flexibility index (Phi) is 6.09. The number of likely N-dealkylation sites (tertiary alicyclic amines) is 1. The monoisotopic (exact) mass is 536 g/mol. The van der Waals surface area contributed by atoms with Crippen LogP contribution in [0.25, 0.3) is 0 Å². The fourth-order valence-electron chi connectivity index (χ4n) is 6.17. The molecule has 0 aromatic carbocycles. The summed E-state index contributed by atoms with van der Waals surface area (Å²) < 4.78 is 0. The molecule has 1 saturated carbocycles. The minimum absolute atomic E-state index is 0.0205. The summed E-state index contributed by atoms with van der Waals surface area (Å²) in [5.41, 5.74) is 1.53. The number of aromatic amines is 1. The highest BCUT2D eigenvalue weighted by atomic mass is 32.1. The SMILES string of the molecule is CNC(=O)c1cc2c(s1)C(C[C@@H](C)NCC(=O)N1[C@H](C#N)C[C@@H]3C[C@@H]31)(c1nn[nH]n1)c1ccsc1CC2. The first-order valence-corrected chi connectivity index (χ1v) is 14.3. The maximum Gasteiger partial charge on any atom is 0.261 e. The van der Waals surface area contributed by atoms with Gasteiger partial charge in [-0.25, -0.2) is 0 Å². The van der Waals surface area contributed by atoms with E-state index in [1.165, 1.54) is 16.2 Å². The standard InChI is InChI=1S/C25H28N8O2S2/c1-13(28-12-21(34)33-16(11-26)7-15-8-18(15)33)10-25(24-29-31-32-30-24)17-5-6-36-19(17)4-3-14-9-20(23(35)27-2)37-22(14)25/h5-6,9,13,15-16,18,28H,3-4,7-8,10,12H2,1-2H3,(H,27,35)(H,29,30,31,32)/t13-,15-,16+,18+,25?/m1/s1. The number of thiophene rings is 2. The number of aryl methyl sites for hydroxylation is 2. The van der Waals surface area contributed by atoms with E-state index in [9.17, 15) is 14.9 Å². The fourth-order valence-corrected chi connectivity index (χ4v) is 8.49. The van der Waals surface area contributed by atoms with E-state index in [1.807, 2.05) is 6.07 Å². The van der Waals surface area contributed by atoms with Crippen LogP contribution in [-0.2, 0) is 23.1 Å². The van der Waals surface area contributed by atoms with Gasteiger partial charge in [0.1, 0.15) is 6.04 Å². The van der Waals surface area contributed by atoms with Crippen LogP contribution in [0.3, 0.4) is 0 Å². The quantitative estimate of drug-likeness (QED) is 0.420. The molecule has 2 aliphatic carbocycles. The van der Waals surface area contributed by atoms with Crippen LogP contribution in [0.4, 0.5) is 0 Å². The first-order valence-electron chi connectivity index (χ1n) is 12.6. The van der Waals surface area contributed by atoms with Gasteiger partial charge in [0.25, 0.3) is 5.91 Å². The van der Waals surface area contributed by atoms with Crippen molar-refractivity contribution >= 4 is 34.5 Å². The normalized spacial score (nSPS) is 26.4. The molecule has 4 heterocycles. The van der Waals surface area contributed by atoms with E-state index in [2.05, 4.69) is 55.7 Å². The molecule has 0 radical (unpaired) electrons. The van der Waals surface area contributed by atoms with Crippen molar-refractivity contribution in [2.45, 2.75) is 62.6 Å². The summed E-state index contributed by atoms with van der Waals surface area (Å²) in [6, 6.07) is 6.25. The minimum Gasteiger partial charge on any atom is -0.354 e. The molecule has 6 rings (SSSR count). The number of tetrazole rings is 1. The molecule has 0 bridgehead atoms. The average Bonchev–Trinajstić information content (AvgIpc) is 3.43. The van der Waals surface area contributed by atoms with Crippen LogP contribution in [0.2, 0.25) is 0 Å². The number of H-pyrrole nitrogens is 1. The molecule has 3 aromatic rings. The maximum atomic E-state index is 13.1. The lowest BCUT2D eigenvalue weighted by Gasteiger charge is -2.34. The van der Waals surface area contributed by atoms with Crippen LogP contribution in [0.5, 0.6) is 0 Å². The third kappa shape index (κ3) is 3.96. The number of nitrogens with one attached hydrogen (secondary N) is 3. The van der Waals surface area contributed by atoms with Crippen LogP contribution in [0, 0.1) is 17.2 Å². The fraction of sp³-hybridized carbons (Fsp3) is 0.520. The van der Waals surface area contributed by atoms with Crippen molar-refractivity contribution in [3.8, 4) is 6.07 Å². The number of piperidine rings is 1. The molecule has 192 valence electrons.